The van der Waals surface area contributed by atoms with E-state index in [0.29, 0.717) is 40.1 Å². The molecule has 1 aliphatic rings. The van der Waals surface area contributed by atoms with Crippen molar-refractivity contribution in [1.29, 1.82) is 0 Å². The molecule has 8 nitrogen and oxygen atoms in total. The number of rotatable bonds is 12. The van der Waals surface area contributed by atoms with Gasteiger partial charge in [0, 0.05) is 28.2 Å². The van der Waals surface area contributed by atoms with Crippen LogP contribution in [0.5, 0.6) is 5.75 Å². The van der Waals surface area contributed by atoms with Crippen molar-refractivity contribution in [3.8, 4) is 5.75 Å². The first-order chi connectivity index (χ1) is 18.5. The number of carbonyl (C=O) groups excluding carboxylic acids is 2. The molecule has 1 N–H and O–H groups in total. The molecular formula is C28H37Cl2N3O5S. The van der Waals surface area contributed by atoms with E-state index < -0.39 is 28.5 Å². The number of carbonyl (C=O) groups is 2. The van der Waals surface area contributed by atoms with E-state index in [9.17, 15) is 18.0 Å². The van der Waals surface area contributed by atoms with Gasteiger partial charge in [-0.2, -0.15) is 0 Å². The average Bonchev–Trinajstić information content (AvgIpc) is 2.89. The SMILES string of the molecule is CCOc1ccc(N(CC(=O)N(Cc2c(Cl)cccc2Cl)[C@@H](CC)C(=O)NC2CCCCC2)S(C)(=O)=O)cc1. The minimum Gasteiger partial charge on any atom is -0.494 e. The number of anilines is 1. The molecule has 0 saturated heterocycles. The molecule has 2 aromatic carbocycles. The van der Waals surface area contributed by atoms with Gasteiger partial charge in [0.25, 0.3) is 0 Å². The maximum atomic E-state index is 13.9. The van der Waals surface area contributed by atoms with Crippen molar-refractivity contribution >= 4 is 50.7 Å². The molecular weight excluding hydrogens is 561 g/mol. The van der Waals surface area contributed by atoms with Crippen LogP contribution in [-0.2, 0) is 26.2 Å². The second-order valence-electron chi connectivity index (χ2n) is 9.69. The topological polar surface area (TPSA) is 96.0 Å². The highest BCUT2D eigenvalue weighted by atomic mass is 35.5. The fourth-order valence-electron chi connectivity index (χ4n) is 4.81. The fourth-order valence-corrected chi connectivity index (χ4v) is 6.17. The smallest absolute Gasteiger partial charge is 0.244 e. The number of hydrogen-bond donors (Lipinski definition) is 1. The lowest BCUT2D eigenvalue weighted by molar-refractivity contribution is -0.140. The normalized spacial score (nSPS) is 14.9. The van der Waals surface area contributed by atoms with Crippen molar-refractivity contribution < 1.29 is 22.7 Å². The summed E-state index contributed by atoms with van der Waals surface area (Å²) in [7, 11) is -3.84. The summed E-state index contributed by atoms with van der Waals surface area (Å²) in [5, 5.41) is 3.82. The first-order valence-corrected chi connectivity index (χ1v) is 15.9. The van der Waals surface area contributed by atoms with Crippen molar-refractivity contribution in [1.82, 2.24) is 10.2 Å². The van der Waals surface area contributed by atoms with Crippen molar-refractivity contribution in [2.45, 2.75) is 71.0 Å². The Kier molecular flexibility index (Phi) is 11.3. The zero-order chi connectivity index (χ0) is 28.6. The molecule has 0 spiro atoms. The van der Waals surface area contributed by atoms with Gasteiger partial charge in [-0.25, -0.2) is 8.42 Å². The Labute approximate surface area is 241 Å². The molecule has 1 saturated carbocycles. The Morgan fingerprint density at radius 1 is 1.03 bits per heavy atom. The molecule has 1 aliphatic carbocycles. The fraction of sp³-hybridized carbons (Fsp3) is 0.500. The van der Waals surface area contributed by atoms with Crippen molar-refractivity contribution in [3.05, 3.63) is 58.1 Å². The van der Waals surface area contributed by atoms with Crippen molar-refractivity contribution in [2.24, 2.45) is 0 Å². The highest BCUT2D eigenvalue weighted by Gasteiger charge is 2.33. The van der Waals surface area contributed by atoms with Crippen LogP contribution in [0.1, 0.15) is 57.9 Å². The maximum Gasteiger partial charge on any atom is 0.244 e. The van der Waals surface area contributed by atoms with Gasteiger partial charge >= 0.3 is 0 Å². The van der Waals surface area contributed by atoms with Gasteiger partial charge in [-0.3, -0.25) is 13.9 Å². The lowest BCUT2D eigenvalue weighted by Gasteiger charge is -2.34. The summed E-state index contributed by atoms with van der Waals surface area (Å²) >= 11 is 12.9. The lowest BCUT2D eigenvalue weighted by atomic mass is 9.95. The van der Waals surface area contributed by atoms with E-state index in [-0.39, 0.29) is 18.5 Å². The van der Waals surface area contributed by atoms with Crippen molar-refractivity contribution in [3.63, 3.8) is 0 Å². The minimum absolute atomic E-state index is 0.0468. The molecule has 11 heteroatoms. The monoisotopic (exact) mass is 597 g/mol. The Balaban J connectivity index is 1.94. The molecule has 2 amide bonds. The van der Waals surface area contributed by atoms with Gasteiger partial charge in [0.1, 0.15) is 18.3 Å². The van der Waals surface area contributed by atoms with Crippen LogP contribution in [0, 0.1) is 0 Å². The van der Waals surface area contributed by atoms with Crippen LogP contribution in [-0.4, -0.2) is 56.6 Å². The number of halogens is 2. The first kappa shape index (κ1) is 31.0. The Morgan fingerprint density at radius 2 is 1.64 bits per heavy atom. The summed E-state index contributed by atoms with van der Waals surface area (Å²) < 4.78 is 32.1. The van der Waals surface area contributed by atoms with Crippen LogP contribution in [0.2, 0.25) is 10.0 Å². The molecule has 1 atom stereocenters. The first-order valence-electron chi connectivity index (χ1n) is 13.3. The molecule has 1 fully saturated rings. The molecule has 2 aromatic rings. The summed E-state index contributed by atoms with van der Waals surface area (Å²) in [6.45, 7) is 3.59. The van der Waals surface area contributed by atoms with E-state index >= 15 is 0 Å². The minimum atomic E-state index is -3.84. The number of sulfonamides is 1. The molecule has 0 aliphatic heterocycles. The second-order valence-corrected chi connectivity index (χ2v) is 12.4. The van der Waals surface area contributed by atoms with E-state index in [0.717, 1.165) is 42.7 Å². The van der Waals surface area contributed by atoms with E-state index in [1.165, 1.54) is 4.90 Å². The van der Waals surface area contributed by atoms with Crippen molar-refractivity contribution in [2.75, 3.05) is 23.7 Å². The molecule has 0 unspecified atom stereocenters. The number of hydrogen-bond acceptors (Lipinski definition) is 5. The van der Waals surface area contributed by atoms with Crippen LogP contribution in [0.4, 0.5) is 5.69 Å². The summed E-state index contributed by atoms with van der Waals surface area (Å²) in [6.07, 6.45) is 6.40. The standard InChI is InChI=1S/C28H37Cl2N3O5S/c1-4-26(28(35)31-20-10-7-6-8-11-20)32(18-23-24(29)12-9-13-25(23)30)27(34)19-33(39(3,36)37)21-14-16-22(17-15-21)38-5-2/h9,12-17,20,26H,4-8,10-11,18-19H2,1-3H3,(H,31,35)/t26-/m0/s1. The van der Waals surface area contributed by atoms with Crippen LogP contribution >= 0.6 is 23.2 Å². The Morgan fingerprint density at radius 3 is 2.18 bits per heavy atom. The quantitative estimate of drug-likeness (QED) is 0.352. The Bertz CT molecular complexity index is 1210. The molecule has 3 rings (SSSR count). The maximum absolute atomic E-state index is 13.9. The van der Waals surface area contributed by atoms with Gasteiger partial charge in [0.05, 0.1) is 18.6 Å². The van der Waals surface area contributed by atoms with Crippen LogP contribution in [0.15, 0.2) is 42.5 Å². The molecule has 39 heavy (non-hydrogen) atoms. The van der Waals surface area contributed by atoms with E-state index in [2.05, 4.69) is 5.32 Å². The number of amides is 2. The van der Waals surface area contributed by atoms with Gasteiger partial charge in [0.2, 0.25) is 21.8 Å². The number of nitrogens with zero attached hydrogens (tertiary/aromatic N) is 2. The number of benzene rings is 2. The van der Waals surface area contributed by atoms with Gasteiger partial charge in [0.15, 0.2) is 0 Å². The van der Waals surface area contributed by atoms with Gasteiger partial charge in [-0.1, -0.05) is 55.5 Å². The summed E-state index contributed by atoms with van der Waals surface area (Å²) in [5.41, 5.74) is 0.801. The zero-order valence-corrected chi connectivity index (χ0v) is 25.0. The molecule has 0 heterocycles. The zero-order valence-electron chi connectivity index (χ0n) is 22.7. The third kappa shape index (κ3) is 8.50. The Hall–Kier alpha value is -2.49. The molecule has 0 aromatic heterocycles. The predicted octanol–water partition coefficient (Wildman–Crippen LogP) is 5.41. The van der Waals surface area contributed by atoms with Crippen LogP contribution < -0.4 is 14.4 Å². The van der Waals surface area contributed by atoms with Crippen LogP contribution in [0.25, 0.3) is 0 Å². The van der Waals surface area contributed by atoms with E-state index in [1.54, 1.807) is 42.5 Å². The number of ether oxygens (including phenoxy) is 1. The summed E-state index contributed by atoms with van der Waals surface area (Å²) in [4.78, 5) is 28.8. The van der Waals surface area contributed by atoms with E-state index in [4.69, 9.17) is 27.9 Å². The van der Waals surface area contributed by atoms with E-state index in [1.807, 2.05) is 13.8 Å². The highest BCUT2D eigenvalue weighted by Crippen LogP contribution is 2.28. The van der Waals surface area contributed by atoms with Gasteiger partial charge in [-0.05, 0) is 62.6 Å². The predicted molar refractivity (Wildman–Crippen MR) is 156 cm³/mol. The second kappa shape index (κ2) is 14.2. The third-order valence-corrected chi connectivity index (χ3v) is 8.69. The summed E-state index contributed by atoms with van der Waals surface area (Å²) in [5.74, 6) is -0.231. The molecule has 0 bridgehead atoms. The number of nitrogens with one attached hydrogen (secondary N) is 1. The summed E-state index contributed by atoms with van der Waals surface area (Å²) in [6, 6.07) is 10.7. The molecule has 0 radical (unpaired) electrons. The van der Waals surface area contributed by atoms with Gasteiger partial charge in [-0.15, -0.1) is 0 Å². The molecule has 214 valence electrons. The highest BCUT2D eigenvalue weighted by molar-refractivity contribution is 7.92. The van der Waals surface area contributed by atoms with Gasteiger partial charge < -0.3 is 15.0 Å². The largest absolute Gasteiger partial charge is 0.494 e. The lowest BCUT2D eigenvalue weighted by Crippen LogP contribution is -2.54. The average molecular weight is 599 g/mol. The third-order valence-electron chi connectivity index (χ3n) is 6.84. The van der Waals surface area contributed by atoms with Crippen LogP contribution in [0.3, 0.4) is 0 Å².